The van der Waals surface area contributed by atoms with Crippen molar-refractivity contribution >= 4 is 37.5 Å². The van der Waals surface area contributed by atoms with E-state index in [1.165, 1.54) is 38.4 Å². The van der Waals surface area contributed by atoms with Crippen LogP contribution in [0.3, 0.4) is 0 Å². The molecule has 0 heterocycles. The SMILES string of the molecule is CON(C)C(=O)c1cccc(S(=O)(=O)Nc2ccc(Br)cc2)c1. The van der Waals surface area contributed by atoms with E-state index in [1.54, 1.807) is 24.3 Å². The highest BCUT2D eigenvalue weighted by atomic mass is 79.9. The molecule has 0 bridgehead atoms. The van der Waals surface area contributed by atoms with Crippen LogP contribution < -0.4 is 4.72 Å². The summed E-state index contributed by atoms with van der Waals surface area (Å²) in [5.74, 6) is -0.437. The summed E-state index contributed by atoms with van der Waals surface area (Å²) in [6.45, 7) is 0. The molecule has 2 rings (SSSR count). The van der Waals surface area contributed by atoms with Gasteiger partial charge in [-0.05, 0) is 42.5 Å². The maximum absolute atomic E-state index is 12.4. The van der Waals surface area contributed by atoms with E-state index in [9.17, 15) is 13.2 Å². The predicted molar refractivity (Wildman–Crippen MR) is 90.5 cm³/mol. The first-order chi connectivity index (χ1) is 10.8. The van der Waals surface area contributed by atoms with Crippen LogP contribution in [0.5, 0.6) is 0 Å². The first-order valence-electron chi connectivity index (χ1n) is 6.54. The van der Waals surface area contributed by atoms with Gasteiger partial charge in [0.1, 0.15) is 0 Å². The number of amides is 1. The van der Waals surface area contributed by atoms with Crippen LogP contribution >= 0.6 is 15.9 Å². The molecule has 0 radical (unpaired) electrons. The molecule has 0 saturated carbocycles. The van der Waals surface area contributed by atoms with Crippen molar-refractivity contribution in [1.82, 2.24) is 5.06 Å². The van der Waals surface area contributed by atoms with Gasteiger partial charge in [-0.25, -0.2) is 13.5 Å². The number of benzene rings is 2. The molecule has 2 aromatic rings. The van der Waals surface area contributed by atoms with Gasteiger partial charge in [-0.15, -0.1) is 0 Å². The van der Waals surface area contributed by atoms with E-state index in [0.29, 0.717) is 5.69 Å². The quantitative estimate of drug-likeness (QED) is 0.785. The third-order valence-corrected chi connectivity index (χ3v) is 4.96. The largest absolute Gasteiger partial charge is 0.280 e. The first-order valence-corrected chi connectivity index (χ1v) is 8.82. The van der Waals surface area contributed by atoms with Gasteiger partial charge >= 0.3 is 0 Å². The van der Waals surface area contributed by atoms with E-state index >= 15 is 0 Å². The van der Waals surface area contributed by atoms with Crippen molar-refractivity contribution in [1.29, 1.82) is 0 Å². The second-order valence-corrected chi connectivity index (χ2v) is 7.22. The van der Waals surface area contributed by atoms with Crippen LogP contribution in [0, 0.1) is 0 Å². The molecule has 0 aromatic heterocycles. The Morgan fingerprint density at radius 2 is 1.83 bits per heavy atom. The average Bonchev–Trinajstić information content (AvgIpc) is 2.55. The lowest BCUT2D eigenvalue weighted by Crippen LogP contribution is -2.25. The smallest absolute Gasteiger partial charge is 0.277 e. The average molecular weight is 399 g/mol. The number of anilines is 1. The maximum atomic E-state index is 12.4. The Bertz CT molecular complexity index is 806. The molecule has 1 amide bonds. The lowest BCUT2D eigenvalue weighted by atomic mass is 10.2. The van der Waals surface area contributed by atoms with Crippen molar-refractivity contribution in [2.75, 3.05) is 18.9 Å². The molecule has 0 aliphatic rings. The number of hydroxylamine groups is 2. The van der Waals surface area contributed by atoms with Crippen molar-refractivity contribution in [2.24, 2.45) is 0 Å². The van der Waals surface area contributed by atoms with Gasteiger partial charge in [-0.1, -0.05) is 22.0 Å². The van der Waals surface area contributed by atoms with Gasteiger partial charge in [-0.3, -0.25) is 14.4 Å². The lowest BCUT2D eigenvalue weighted by molar-refractivity contribution is -0.0757. The summed E-state index contributed by atoms with van der Waals surface area (Å²) in [5, 5.41) is 1.02. The number of nitrogens with zero attached hydrogens (tertiary/aromatic N) is 1. The fraction of sp³-hybridized carbons (Fsp3) is 0.133. The van der Waals surface area contributed by atoms with E-state index in [1.807, 2.05) is 0 Å². The molecule has 0 unspecified atom stereocenters. The Labute approximate surface area is 143 Å². The number of hydrogen-bond donors (Lipinski definition) is 1. The summed E-state index contributed by atoms with van der Waals surface area (Å²) in [4.78, 5) is 16.8. The van der Waals surface area contributed by atoms with Gasteiger partial charge in [0.25, 0.3) is 15.9 Å². The van der Waals surface area contributed by atoms with E-state index < -0.39 is 15.9 Å². The van der Waals surface area contributed by atoms with Gasteiger partial charge in [0.2, 0.25) is 0 Å². The molecule has 0 spiro atoms. The van der Waals surface area contributed by atoms with Crippen molar-refractivity contribution < 1.29 is 18.0 Å². The summed E-state index contributed by atoms with van der Waals surface area (Å²) in [7, 11) is -0.989. The van der Waals surface area contributed by atoms with Crippen LogP contribution in [0.15, 0.2) is 57.9 Å². The second-order valence-electron chi connectivity index (χ2n) is 4.63. The van der Waals surface area contributed by atoms with Crippen molar-refractivity contribution in [3.8, 4) is 0 Å². The lowest BCUT2D eigenvalue weighted by Gasteiger charge is -2.14. The standard InChI is InChI=1S/C15H15BrN2O4S/c1-18(22-2)15(19)11-4-3-5-14(10-11)23(20,21)17-13-8-6-12(16)7-9-13/h3-10,17H,1-2H3. The molecule has 0 aliphatic heterocycles. The molecule has 1 N–H and O–H groups in total. The summed E-state index contributed by atoms with van der Waals surface area (Å²) >= 11 is 3.28. The van der Waals surface area contributed by atoms with Crippen LogP contribution in [0.25, 0.3) is 0 Å². The monoisotopic (exact) mass is 398 g/mol. The number of halogens is 1. The third kappa shape index (κ3) is 4.31. The van der Waals surface area contributed by atoms with Crippen molar-refractivity contribution in [3.05, 3.63) is 58.6 Å². The molecule has 0 fully saturated rings. The zero-order valence-corrected chi connectivity index (χ0v) is 14.9. The number of carbonyl (C=O) groups is 1. The number of carbonyl (C=O) groups excluding carboxylic acids is 1. The molecule has 6 nitrogen and oxygen atoms in total. The zero-order valence-electron chi connectivity index (χ0n) is 12.5. The van der Waals surface area contributed by atoms with Gasteiger partial charge < -0.3 is 0 Å². The summed E-state index contributed by atoms with van der Waals surface area (Å²) in [5.41, 5.74) is 0.645. The van der Waals surface area contributed by atoms with Gasteiger partial charge in [0.05, 0.1) is 12.0 Å². The first kappa shape index (κ1) is 17.5. The van der Waals surface area contributed by atoms with Crippen LogP contribution in [-0.2, 0) is 14.9 Å². The Kier molecular flexibility index (Phi) is 5.40. The summed E-state index contributed by atoms with van der Waals surface area (Å²) in [6, 6.07) is 12.5. The number of nitrogens with one attached hydrogen (secondary N) is 1. The predicted octanol–water partition coefficient (Wildman–Crippen LogP) is 2.88. The number of rotatable bonds is 5. The maximum Gasteiger partial charge on any atom is 0.277 e. The molecule has 8 heteroatoms. The minimum absolute atomic E-state index is 0.00391. The van der Waals surface area contributed by atoms with Crippen molar-refractivity contribution in [2.45, 2.75) is 4.90 Å². The number of sulfonamides is 1. The second kappa shape index (κ2) is 7.12. The Balaban J connectivity index is 2.29. The number of hydrogen-bond acceptors (Lipinski definition) is 4. The van der Waals surface area contributed by atoms with Crippen LogP contribution in [0.4, 0.5) is 5.69 Å². The van der Waals surface area contributed by atoms with Crippen LogP contribution in [0.1, 0.15) is 10.4 Å². The zero-order chi connectivity index (χ0) is 17.0. The normalized spacial score (nSPS) is 11.1. The molecule has 0 aliphatic carbocycles. The Hall–Kier alpha value is -1.90. The highest BCUT2D eigenvalue weighted by Gasteiger charge is 2.18. The third-order valence-electron chi connectivity index (χ3n) is 3.05. The molecule has 0 atom stereocenters. The molecule has 23 heavy (non-hydrogen) atoms. The Morgan fingerprint density at radius 3 is 2.43 bits per heavy atom. The van der Waals surface area contributed by atoms with Gasteiger partial charge in [0, 0.05) is 22.8 Å². The van der Waals surface area contributed by atoms with Crippen LogP contribution in [-0.4, -0.2) is 33.5 Å². The van der Waals surface area contributed by atoms with E-state index in [0.717, 1.165) is 9.54 Å². The van der Waals surface area contributed by atoms with Crippen molar-refractivity contribution in [3.63, 3.8) is 0 Å². The molecule has 2 aromatic carbocycles. The van der Waals surface area contributed by atoms with Gasteiger partial charge in [-0.2, -0.15) is 0 Å². The van der Waals surface area contributed by atoms with Crippen LogP contribution in [0.2, 0.25) is 0 Å². The highest BCUT2D eigenvalue weighted by molar-refractivity contribution is 9.10. The summed E-state index contributed by atoms with van der Waals surface area (Å²) in [6.07, 6.45) is 0. The highest BCUT2D eigenvalue weighted by Crippen LogP contribution is 2.19. The summed E-state index contributed by atoms with van der Waals surface area (Å²) < 4.78 is 28.2. The molecule has 122 valence electrons. The fourth-order valence-electron chi connectivity index (χ4n) is 1.79. The Morgan fingerprint density at radius 1 is 1.17 bits per heavy atom. The van der Waals surface area contributed by atoms with E-state index in [2.05, 4.69) is 20.7 Å². The van der Waals surface area contributed by atoms with E-state index in [-0.39, 0.29) is 10.5 Å². The minimum atomic E-state index is -3.79. The van der Waals surface area contributed by atoms with E-state index in [4.69, 9.17) is 4.84 Å². The molecule has 0 saturated heterocycles. The molecular weight excluding hydrogens is 384 g/mol. The van der Waals surface area contributed by atoms with Gasteiger partial charge in [0.15, 0.2) is 0 Å². The molecular formula is C15H15BrN2O4S. The topological polar surface area (TPSA) is 75.7 Å². The minimum Gasteiger partial charge on any atom is -0.280 e. The fourth-order valence-corrected chi connectivity index (χ4v) is 3.16.